The Morgan fingerprint density at radius 3 is 2.45 bits per heavy atom. The van der Waals surface area contributed by atoms with E-state index in [9.17, 15) is 14.4 Å². The molecule has 4 heterocycles. The largest absolute Gasteiger partial charge is 0.497 e. The molecule has 11 nitrogen and oxygen atoms in total. The molecular formula is C27H35N5O6. The van der Waals surface area contributed by atoms with Crippen LogP contribution in [0.3, 0.4) is 0 Å². The van der Waals surface area contributed by atoms with Gasteiger partial charge < -0.3 is 33.9 Å². The Balaban J connectivity index is 1.33. The number of nitrogens with zero attached hydrogens (tertiary/aromatic N) is 4. The molecule has 1 N–H and O–H groups in total. The van der Waals surface area contributed by atoms with Crippen molar-refractivity contribution in [1.82, 2.24) is 24.7 Å². The molecule has 1 aromatic heterocycles. The molecule has 1 atom stereocenters. The van der Waals surface area contributed by atoms with Crippen LogP contribution in [0, 0.1) is 0 Å². The summed E-state index contributed by atoms with van der Waals surface area (Å²) in [6.45, 7) is 6.67. The lowest BCUT2D eigenvalue weighted by atomic mass is 9.93. The normalized spacial score (nSPS) is 22.4. The van der Waals surface area contributed by atoms with E-state index in [-0.39, 0.29) is 35.7 Å². The fraction of sp³-hybridized carbons (Fsp3) is 0.556. The Labute approximate surface area is 222 Å². The Kier molecular flexibility index (Phi) is 7.15. The van der Waals surface area contributed by atoms with Crippen molar-refractivity contribution >= 4 is 17.7 Å². The zero-order valence-electron chi connectivity index (χ0n) is 22.2. The maximum absolute atomic E-state index is 13.8. The highest BCUT2D eigenvalue weighted by atomic mass is 16.7. The third-order valence-corrected chi connectivity index (χ3v) is 7.74. The van der Waals surface area contributed by atoms with Gasteiger partial charge in [0.1, 0.15) is 17.0 Å². The highest BCUT2D eigenvalue weighted by Gasteiger charge is 2.49. The quantitative estimate of drug-likeness (QED) is 0.586. The summed E-state index contributed by atoms with van der Waals surface area (Å²) in [4.78, 5) is 48.4. The number of likely N-dealkylation sites (tertiary alicyclic amines) is 1. The number of ether oxygens (including phenoxy) is 3. The fourth-order valence-electron chi connectivity index (χ4n) is 5.52. The number of nitrogens with one attached hydrogen (secondary N) is 1. The van der Waals surface area contributed by atoms with Crippen molar-refractivity contribution in [3.63, 3.8) is 0 Å². The fourth-order valence-corrected chi connectivity index (χ4v) is 5.52. The molecule has 0 unspecified atom stereocenters. The lowest BCUT2D eigenvalue weighted by Crippen LogP contribution is -2.64. The predicted octanol–water partition coefficient (Wildman–Crippen LogP) is 1.81. The van der Waals surface area contributed by atoms with Crippen LogP contribution in [0.5, 0.6) is 5.75 Å². The monoisotopic (exact) mass is 525 g/mol. The highest BCUT2D eigenvalue weighted by Crippen LogP contribution is 2.33. The lowest BCUT2D eigenvalue weighted by Gasteiger charge is -2.44. The maximum atomic E-state index is 13.8. The van der Waals surface area contributed by atoms with Gasteiger partial charge in [-0.05, 0) is 31.0 Å². The topological polar surface area (TPSA) is 115 Å². The second-order valence-corrected chi connectivity index (χ2v) is 10.2. The average Bonchev–Trinajstić information content (AvgIpc) is 3.57. The van der Waals surface area contributed by atoms with Crippen LogP contribution in [0.25, 0.3) is 0 Å². The zero-order valence-corrected chi connectivity index (χ0v) is 22.2. The van der Waals surface area contributed by atoms with Crippen LogP contribution in [0.2, 0.25) is 0 Å². The molecular weight excluding hydrogens is 490 g/mol. The first-order valence-corrected chi connectivity index (χ1v) is 13.2. The number of rotatable bonds is 7. The summed E-state index contributed by atoms with van der Waals surface area (Å²) in [5.74, 6) is -0.776. The first-order chi connectivity index (χ1) is 18.3. The molecule has 1 aromatic carbocycles. The summed E-state index contributed by atoms with van der Waals surface area (Å²) in [5.41, 5.74) is 0.140. The summed E-state index contributed by atoms with van der Waals surface area (Å²) in [6.07, 6.45) is 3.32. The van der Waals surface area contributed by atoms with Crippen molar-refractivity contribution < 1.29 is 28.6 Å². The van der Waals surface area contributed by atoms with Crippen molar-refractivity contribution in [2.24, 2.45) is 0 Å². The molecule has 0 saturated carbocycles. The van der Waals surface area contributed by atoms with Crippen LogP contribution in [-0.4, -0.2) is 88.4 Å². The van der Waals surface area contributed by atoms with Crippen LogP contribution in [0.15, 0.2) is 30.6 Å². The van der Waals surface area contributed by atoms with Gasteiger partial charge in [0.15, 0.2) is 11.5 Å². The Bertz CT molecular complexity index is 1200. The van der Waals surface area contributed by atoms with Gasteiger partial charge in [0.2, 0.25) is 5.91 Å². The SMILES string of the molecule is CCCN1C(=O)c2c(C(=O)N3CCC4(CC3)OCCO4)ncn2C[C@]1(C)C(=O)NCc1ccc(OC)cc1. The molecule has 11 heteroatoms. The summed E-state index contributed by atoms with van der Waals surface area (Å²) in [5, 5.41) is 2.99. The summed E-state index contributed by atoms with van der Waals surface area (Å²) >= 11 is 0. The number of benzene rings is 1. The van der Waals surface area contributed by atoms with Crippen molar-refractivity contribution in [1.29, 1.82) is 0 Å². The first kappa shape index (κ1) is 26.2. The van der Waals surface area contributed by atoms with E-state index >= 15 is 0 Å². The Morgan fingerprint density at radius 2 is 1.82 bits per heavy atom. The van der Waals surface area contributed by atoms with E-state index in [4.69, 9.17) is 14.2 Å². The molecule has 2 saturated heterocycles. The minimum atomic E-state index is -1.14. The first-order valence-electron chi connectivity index (χ1n) is 13.2. The van der Waals surface area contributed by atoms with Gasteiger partial charge in [-0.15, -0.1) is 0 Å². The van der Waals surface area contributed by atoms with E-state index in [1.54, 1.807) is 28.4 Å². The Morgan fingerprint density at radius 1 is 1.13 bits per heavy atom. The predicted molar refractivity (Wildman–Crippen MR) is 137 cm³/mol. The van der Waals surface area contributed by atoms with E-state index in [0.29, 0.717) is 58.7 Å². The van der Waals surface area contributed by atoms with Gasteiger partial charge in [-0.3, -0.25) is 14.4 Å². The standard InChI is InChI=1S/C27H35N5O6/c1-4-11-32-24(34)22-21(23(33)30-12-9-27(10-13-30)37-14-15-38-27)29-18-31(22)17-26(32,2)25(35)28-16-19-5-7-20(36-3)8-6-19/h5-8,18H,4,9-17H2,1-3H3,(H,28,35)/t26-/m1/s1. The van der Waals surface area contributed by atoms with Gasteiger partial charge in [-0.1, -0.05) is 19.1 Å². The average molecular weight is 526 g/mol. The number of amides is 3. The molecule has 0 aliphatic carbocycles. The number of hydrogen-bond donors (Lipinski definition) is 1. The van der Waals surface area contributed by atoms with Crippen LogP contribution in [0.1, 0.15) is 59.7 Å². The van der Waals surface area contributed by atoms with Crippen LogP contribution >= 0.6 is 0 Å². The maximum Gasteiger partial charge on any atom is 0.274 e. The second kappa shape index (κ2) is 10.4. The van der Waals surface area contributed by atoms with E-state index in [0.717, 1.165) is 11.3 Å². The van der Waals surface area contributed by atoms with Gasteiger partial charge in [-0.25, -0.2) is 4.98 Å². The summed E-state index contributed by atoms with van der Waals surface area (Å²) in [6, 6.07) is 7.44. The number of aromatic nitrogens is 2. The number of methoxy groups -OCH3 is 1. The number of carbonyl (C=O) groups excluding carboxylic acids is 3. The minimum absolute atomic E-state index is 0.126. The molecule has 2 fully saturated rings. The molecule has 0 bridgehead atoms. The van der Waals surface area contributed by atoms with Crippen LogP contribution in [0.4, 0.5) is 0 Å². The minimum Gasteiger partial charge on any atom is -0.497 e. The van der Waals surface area contributed by atoms with Crippen molar-refractivity contribution in [3.05, 3.63) is 47.5 Å². The molecule has 5 rings (SSSR count). The van der Waals surface area contributed by atoms with Gasteiger partial charge in [0.05, 0.1) is 33.2 Å². The third-order valence-electron chi connectivity index (χ3n) is 7.74. The molecule has 204 valence electrons. The van der Waals surface area contributed by atoms with E-state index < -0.39 is 11.3 Å². The smallest absolute Gasteiger partial charge is 0.274 e. The third kappa shape index (κ3) is 4.64. The molecule has 3 amide bonds. The lowest BCUT2D eigenvalue weighted by molar-refractivity contribution is -0.181. The number of fused-ring (bicyclic) bond motifs is 1. The Hall–Kier alpha value is -3.44. The van der Waals surface area contributed by atoms with Crippen molar-refractivity contribution in [3.8, 4) is 5.75 Å². The number of carbonyl (C=O) groups is 3. The number of hydrogen-bond acceptors (Lipinski definition) is 7. The van der Waals surface area contributed by atoms with Crippen molar-refractivity contribution in [2.45, 2.75) is 57.5 Å². The van der Waals surface area contributed by atoms with E-state index in [1.807, 2.05) is 31.2 Å². The number of imidazole rings is 1. The molecule has 3 aliphatic heterocycles. The van der Waals surface area contributed by atoms with Crippen molar-refractivity contribution in [2.75, 3.05) is 40.0 Å². The molecule has 3 aliphatic rings. The van der Waals surface area contributed by atoms with Gasteiger partial charge in [-0.2, -0.15) is 0 Å². The number of piperidine rings is 1. The molecule has 38 heavy (non-hydrogen) atoms. The summed E-state index contributed by atoms with van der Waals surface area (Å²) in [7, 11) is 1.60. The molecule has 0 radical (unpaired) electrons. The summed E-state index contributed by atoms with van der Waals surface area (Å²) < 4.78 is 18.4. The van der Waals surface area contributed by atoms with Gasteiger partial charge >= 0.3 is 0 Å². The molecule has 2 aromatic rings. The highest BCUT2D eigenvalue weighted by molar-refractivity contribution is 6.07. The zero-order chi connectivity index (χ0) is 26.9. The van der Waals surface area contributed by atoms with E-state index in [2.05, 4.69) is 10.3 Å². The van der Waals surface area contributed by atoms with Crippen LogP contribution < -0.4 is 10.1 Å². The van der Waals surface area contributed by atoms with Crippen LogP contribution in [-0.2, 0) is 27.4 Å². The van der Waals surface area contributed by atoms with Gasteiger partial charge in [0, 0.05) is 39.0 Å². The second-order valence-electron chi connectivity index (χ2n) is 10.2. The van der Waals surface area contributed by atoms with E-state index in [1.165, 1.54) is 6.33 Å². The molecule has 1 spiro atoms. The van der Waals surface area contributed by atoms with Gasteiger partial charge in [0.25, 0.3) is 11.8 Å².